The number of aryl methyl sites for hydroxylation is 1. The molecule has 8 aromatic rings. The summed E-state index contributed by atoms with van der Waals surface area (Å²) in [7, 11) is 0. The van der Waals surface area contributed by atoms with Crippen molar-refractivity contribution < 1.29 is 0 Å². The van der Waals surface area contributed by atoms with Crippen molar-refractivity contribution in [3.05, 3.63) is 170 Å². The maximum Gasteiger partial charge on any atom is 0.145 e. The Morgan fingerprint density at radius 2 is 1.21 bits per heavy atom. The number of nitrogens with zero attached hydrogens (tertiary/aromatic N) is 2. The molecule has 8 rings (SSSR count). The third kappa shape index (κ3) is 4.86. The van der Waals surface area contributed by atoms with E-state index in [1.807, 2.05) is 18.2 Å². The highest BCUT2D eigenvalue weighted by molar-refractivity contribution is 6.21. The summed E-state index contributed by atoms with van der Waals surface area (Å²) in [6.45, 7) is 8.10. The first-order valence-corrected chi connectivity index (χ1v) is 16.1. The second-order valence-corrected chi connectivity index (χ2v) is 12.1. The van der Waals surface area contributed by atoms with Gasteiger partial charge in [0.1, 0.15) is 5.82 Å². The monoisotopic (exact) mass is 602 g/mol. The zero-order valence-electron chi connectivity index (χ0n) is 26.6. The number of hydrogen-bond acceptors (Lipinski definition) is 1. The summed E-state index contributed by atoms with van der Waals surface area (Å²) in [5, 5.41) is 7.48. The molecule has 47 heavy (non-hydrogen) atoms. The van der Waals surface area contributed by atoms with Gasteiger partial charge in [-0.2, -0.15) is 0 Å². The molecule has 1 heterocycles. The van der Waals surface area contributed by atoms with Crippen LogP contribution in [0, 0.1) is 6.92 Å². The summed E-state index contributed by atoms with van der Waals surface area (Å²) in [6.07, 6.45) is 7.99. The Hall–Kier alpha value is -5.99. The van der Waals surface area contributed by atoms with E-state index in [-0.39, 0.29) is 0 Å². The summed E-state index contributed by atoms with van der Waals surface area (Å²) < 4.78 is 2.25. The molecule has 0 fully saturated rings. The highest BCUT2D eigenvalue weighted by Crippen LogP contribution is 2.44. The normalized spacial score (nSPS) is 12.2. The second-order valence-electron chi connectivity index (χ2n) is 12.1. The molecule has 2 heteroatoms. The zero-order chi connectivity index (χ0) is 31.9. The predicted octanol–water partition coefficient (Wildman–Crippen LogP) is 12.4. The van der Waals surface area contributed by atoms with E-state index in [1.54, 1.807) is 0 Å². The lowest BCUT2D eigenvalue weighted by Gasteiger charge is -2.18. The fourth-order valence-electron chi connectivity index (χ4n) is 7.03. The summed E-state index contributed by atoms with van der Waals surface area (Å²) in [5.41, 5.74) is 10.3. The molecule has 0 aliphatic carbocycles. The maximum absolute atomic E-state index is 5.17. The summed E-state index contributed by atoms with van der Waals surface area (Å²) >= 11 is 0. The van der Waals surface area contributed by atoms with Gasteiger partial charge < -0.3 is 0 Å². The van der Waals surface area contributed by atoms with Gasteiger partial charge in [0.05, 0.1) is 11.0 Å². The third-order valence-electron chi connectivity index (χ3n) is 9.14. The topological polar surface area (TPSA) is 17.8 Å². The molecule has 0 aliphatic rings. The van der Waals surface area contributed by atoms with Gasteiger partial charge in [-0.1, -0.05) is 140 Å². The SMILES string of the molecule is C=C/C=C\C(=C/C)n1c(-c2cccc(-c3c4ccccc4c(-c4ccc5cc(C)ccc5c4)c4ccccc34)c2)nc2ccccc21. The minimum Gasteiger partial charge on any atom is -0.293 e. The van der Waals surface area contributed by atoms with Crippen molar-refractivity contribution in [1.29, 1.82) is 0 Å². The van der Waals surface area contributed by atoms with Crippen LogP contribution in [0.15, 0.2) is 164 Å². The Labute approximate surface area is 275 Å². The Morgan fingerprint density at radius 1 is 0.617 bits per heavy atom. The fraction of sp³-hybridized carbons (Fsp3) is 0.0444. The first kappa shape index (κ1) is 28.5. The number of benzene rings is 7. The quantitative estimate of drug-likeness (QED) is 0.137. The molecule has 224 valence electrons. The van der Waals surface area contributed by atoms with Crippen molar-refractivity contribution in [2.24, 2.45) is 0 Å². The van der Waals surface area contributed by atoms with Crippen molar-refractivity contribution in [3.63, 3.8) is 0 Å². The predicted molar refractivity (Wildman–Crippen MR) is 203 cm³/mol. The van der Waals surface area contributed by atoms with E-state index in [1.165, 1.54) is 54.6 Å². The summed E-state index contributed by atoms with van der Waals surface area (Å²) in [5.74, 6) is 0.909. The number of hydrogen-bond donors (Lipinski definition) is 0. The Balaban J connectivity index is 1.38. The van der Waals surface area contributed by atoms with Gasteiger partial charge in [0.15, 0.2) is 0 Å². The first-order chi connectivity index (χ1) is 23.1. The van der Waals surface area contributed by atoms with Crippen molar-refractivity contribution in [2.45, 2.75) is 13.8 Å². The Kier molecular flexibility index (Phi) is 7.12. The molecule has 0 unspecified atom stereocenters. The van der Waals surface area contributed by atoms with Gasteiger partial charge in [-0.05, 0) is 98.8 Å². The number of fused-ring (bicyclic) bond motifs is 4. The summed E-state index contributed by atoms with van der Waals surface area (Å²) in [6, 6.07) is 48.5. The number of rotatable bonds is 6. The van der Waals surface area contributed by atoms with E-state index in [0.29, 0.717) is 0 Å². The van der Waals surface area contributed by atoms with Crippen molar-refractivity contribution in [1.82, 2.24) is 9.55 Å². The van der Waals surface area contributed by atoms with Crippen molar-refractivity contribution in [3.8, 4) is 33.6 Å². The minimum atomic E-state index is 0.909. The van der Waals surface area contributed by atoms with Crippen LogP contribution in [0.1, 0.15) is 12.5 Å². The van der Waals surface area contributed by atoms with Crippen LogP contribution in [0.4, 0.5) is 0 Å². The van der Waals surface area contributed by atoms with E-state index in [9.17, 15) is 0 Å². The zero-order valence-corrected chi connectivity index (χ0v) is 26.6. The minimum absolute atomic E-state index is 0.909. The first-order valence-electron chi connectivity index (χ1n) is 16.1. The van der Waals surface area contributed by atoms with Gasteiger partial charge in [0, 0.05) is 11.3 Å². The molecule has 2 nitrogen and oxygen atoms in total. The Bertz CT molecular complexity index is 2500. The number of imidazole rings is 1. The maximum atomic E-state index is 5.17. The van der Waals surface area contributed by atoms with Gasteiger partial charge >= 0.3 is 0 Å². The second kappa shape index (κ2) is 11.7. The van der Waals surface area contributed by atoms with E-state index < -0.39 is 0 Å². The lowest BCUT2D eigenvalue weighted by Crippen LogP contribution is -1.98. The van der Waals surface area contributed by atoms with Gasteiger partial charge in [0.2, 0.25) is 0 Å². The lowest BCUT2D eigenvalue weighted by molar-refractivity contribution is 1.14. The van der Waals surface area contributed by atoms with Crippen LogP contribution in [-0.2, 0) is 0 Å². The average molecular weight is 603 g/mol. The smallest absolute Gasteiger partial charge is 0.145 e. The molecule has 0 saturated heterocycles. The van der Waals surface area contributed by atoms with E-state index in [2.05, 4.69) is 165 Å². The fourth-order valence-corrected chi connectivity index (χ4v) is 7.03. The highest BCUT2D eigenvalue weighted by Gasteiger charge is 2.19. The molecule has 1 aromatic heterocycles. The molecule has 0 spiro atoms. The van der Waals surface area contributed by atoms with Crippen molar-refractivity contribution >= 4 is 49.0 Å². The average Bonchev–Trinajstić information content (AvgIpc) is 3.50. The lowest BCUT2D eigenvalue weighted by atomic mass is 9.85. The molecule has 0 saturated carbocycles. The summed E-state index contributed by atoms with van der Waals surface area (Å²) in [4.78, 5) is 5.17. The van der Waals surface area contributed by atoms with E-state index in [0.717, 1.165) is 33.7 Å². The molecule has 0 N–H and O–H groups in total. The van der Waals surface area contributed by atoms with Gasteiger partial charge in [-0.15, -0.1) is 0 Å². The molecular weight excluding hydrogens is 569 g/mol. The number of para-hydroxylation sites is 2. The van der Waals surface area contributed by atoms with Gasteiger partial charge in [-0.25, -0.2) is 4.98 Å². The third-order valence-corrected chi connectivity index (χ3v) is 9.14. The van der Waals surface area contributed by atoms with Crippen LogP contribution in [0.2, 0.25) is 0 Å². The largest absolute Gasteiger partial charge is 0.293 e. The highest BCUT2D eigenvalue weighted by atomic mass is 15.1. The standard InChI is InChI=1S/C45H34N2/c1-4-6-16-36(5-2)47-42-22-12-11-21-41(42)46-45(47)35-15-13-14-33(29-35)43-37-17-7-9-19-39(37)44(40-20-10-8-18-38(40)43)34-26-25-31-27-30(3)23-24-32(31)28-34/h4-29H,1H2,2-3H3/b16-6-,36-5+. The van der Waals surface area contributed by atoms with Crippen LogP contribution >= 0.6 is 0 Å². The van der Waals surface area contributed by atoms with E-state index in [4.69, 9.17) is 4.98 Å². The van der Waals surface area contributed by atoms with Crippen LogP contribution in [0.25, 0.3) is 82.7 Å². The molecule has 0 amide bonds. The molecule has 0 atom stereocenters. The van der Waals surface area contributed by atoms with Crippen LogP contribution in [0.5, 0.6) is 0 Å². The number of aromatic nitrogens is 2. The van der Waals surface area contributed by atoms with E-state index >= 15 is 0 Å². The van der Waals surface area contributed by atoms with Crippen LogP contribution in [-0.4, -0.2) is 9.55 Å². The Morgan fingerprint density at radius 3 is 1.89 bits per heavy atom. The van der Waals surface area contributed by atoms with Crippen molar-refractivity contribution in [2.75, 3.05) is 0 Å². The van der Waals surface area contributed by atoms with Crippen LogP contribution < -0.4 is 0 Å². The molecular formula is C45H34N2. The molecule has 0 aliphatic heterocycles. The molecule has 0 radical (unpaired) electrons. The molecule has 0 bridgehead atoms. The number of allylic oxidation sites excluding steroid dienone is 5. The van der Waals surface area contributed by atoms with Gasteiger partial charge in [-0.3, -0.25) is 4.57 Å². The van der Waals surface area contributed by atoms with Gasteiger partial charge in [0.25, 0.3) is 0 Å². The van der Waals surface area contributed by atoms with Crippen LogP contribution in [0.3, 0.4) is 0 Å². The molecule has 7 aromatic carbocycles.